The predicted molar refractivity (Wildman–Crippen MR) is 73.4 cm³/mol. The van der Waals surface area contributed by atoms with Crippen LogP contribution in [0.4, 0.5) is 0 Å². The Morgan fingerprint density at radius 3 is 2.67 bits per heavy atom. The lowest BCUT2D eigenvalue weighted by molar-refractivity contribution is -0.128. The van der Waals surface area contributed by atoms with Crippen LogP contribution in [0.1, 0.15) is 25.3 Å². The first-order valence-electron chi connectivity index (χ1n) is 6.75. The highest BCUT2D eigenvalue weighted by Crippen LogP contribution is 2.12. The van der Waals surface area contributed by atoms with E-state index in [4.69, 9.17) is 0 Å². The molecule has 2 unspecified atom stereocenters. The van der Waals surface area contributed by atoms with Gasteiger partial charge in [-0.15, -0.1) is 0 Å². The summed E-state index contributed by atoms with van der Waals surface area (Å²) in [5.41, 5.74) is 1.33. The van der Waals surface area contributed by atoms with Crippen molar-refractivity contribution in [3.05, 3.63) is 35.9 Å². The van der Waals surface area contributed by atoms with Crippen molar-refractivity contribution in [3.63, 3.8) is 0 Å². The van der Waals surface area contributed by atoms with Gasteiger partial charge >= 0.3 is 0 Å². The Balaban J connectivity index is 1.92. The highest BCUT2D eigenvalue weighted by atomic mass is 16.2. The summed E-state index contributed by atoms with van der Waals surface area (Å²) in [5.74, 6) is 0.238. The van der Waals surface area contributed by atoms with Crippen molar-refractivity contribution < 1.29 is 4.79 Å². The normalized spacial score (nSPS) is 21.3. The topological polar surface area (TPSA) is 32.3 Å². The van der Waals surface area contributed by atoms with Crippen molar-refractivity contribution in [3.8, 4) is 0 Å². The van der Waals surface area contributed by atoms with Crippen LogP contribution >= 0.6 is 0 Å². The largest absolute Gasteiger partial charge is 0.344 e. The zero-order valence-corrected chi connectivity index (χ0v) is 11.2. The molecule has 3 heteroatoms. The Kier molecular flexibility index (Phi) is 4.37. The second kappa shape index (κ2) is 6.01. The molecule has 1 amide bonds. The Morgan fingerprint density at radius 2 is 2.11 bits per heavy atom. The molecule has 0 bridgehead atoms. The van der Waals surface area contributed by atoms with Gasteiger partial charge in [-0.3, -0.25) is 4.79 Å². The SMILES string of the molecule is CCC(Cc1ccccc1)NC1CCN(C)C1=O. The fraction of sp³-hybridized carbons (Fsp3) is 0.533. The summed E-state index contributed by atoms with van der Waals surface area (Å²) in [6.07, 6.45) is 2.97. The standard InChI is InChI=1S/C15H22N2O/c1-3-13(11-12-7-5-4-6-8-12)16-14-9-10-17(2)15(14)18/h4-8,13-14,16H,3,9-11H2,1-2H3. The van der Waals surface area contributed by atoms with E-state index in [0.717, 1.165) is 25.8 Å². The maximum atomic E-state index is 11.9. The number of hydrogen-bond donors (Lipinski definition) is 1. The van der Waals surface area contributed by atoms with Crippen molar-refractivity contribution in [1.82, 2.24) is 10.2 Å². The van der Waals surface area contributed by atoms with Crippen molar-refractivity contribution >= 4 is 5.91 Å². The number of amides is 1. The first-order chi connectivity index (χ1) is 8.70. The van der Waals surface area contributed by atoms with Gasteiger partial charge in [0.25, 0.3) is 0 Å². The number of likely N-dealkylation sites (N-methyl/N-ethyl adjacent to an activating group) is 1. The van der Waals surface area contributed by atoms with E-state index in [2.05, 4.69) is 36.5 Å². The minimum absolute atomic E-state index is 0.0173. The third-order valence-corrected chi connectivity index (χ3v) is 3.68. The second-order valence-corrected chi connectivity index (χ2v) is 5.06. The smallest absolute Gasteiger partial charge is 0.239 e. The summed E-state index contributed by atoms with van der Waals surface area (Å²) in [7, 11) is 1.88. The molecule has 0 radical (unpaired) electrons. The minimum Gasteiger partial charge on any atom is -0.344 e. The van der Waals surface area contributed by atoms with E-state index in [1.807, 2.05) is 18.0 Å². The lowest BCUT2D eigenvalue weighted by atomic mass is 10.0. The molecule has 0 spiro atoms. The molecule has 98 valence electrons. The average molecular weight is 246 g/mol. The number of carbonyl (C=O) groups excluding carboxylic acids is 1. The molecule has 1 fully saturated rings. The minimum atomic E-state index is 0.0173. The molecule has 1 aliphatic heterocycles. The van der Waals surface area contributed by atoms with Gasteiger partial charge in [0.05, 0.1) is 6.04 Å². The molecule has 1 aromatic rings. The van der Waals surface area contributed by atoms with Gasteiger partial charge in [0.15, 0.2) is 0 Å². The molecule has 0 aromatic heterocycles. The number of carbonyl (C=O) groups is 1. The number of likely N-dealkylation sites (tertiary alicyclic amines) is 1. The van der Waals surface area contributed by atoms with Crippen LogP contribution in [0.3, 0.4) is 0 Å². The van der Waals surface area contributed by atoms with E-state index < -0.39 is 0 Å². The molecule has 0 aliphatic carbocycles. The van der Waals surface area contributed by atoms with E-state index in [1.165, 1.54) is 5.56 Å². The van der Waals surface area contributed by atoms with E-state index in [0.29, 0.717) is 6.04 Å². The fourth-order valence-electron chi connectivity index (χ4n) is 2.48. The summed E-state index contributed by atoms with van der Waals surface area (Å²) < 4.78 is 0. The van der Waals surface area contributed by atoms with Gasteiger partial charge < -0.3 is 10.2 Å². The van der Waals surface area contributed by atoms with Crippen LogP contribution in [0, 0.1) is 0 Å². The van der Waals surface area contributed by atoms with Crippen molar-refractivity contribution in [2.24, 2.45) is 0 Å². The highest BCUT2D eigenvalue weighted by Gasteiger charge is 2.30. The number of rotatable bonds is 5. The maximum absolute atomic E-state index is 11.9. The summed E-state index contributed by atoms with van der Waals surface area (Å²) in [6.45, 7) is 3.04. The zero-order chi connectivity index (χ0) is 13.0. The molecule has 1 aliphatic rings. The van der Waals surface area contributed by atoms with Crippen LogP contribution in [-0.2, 0) is 11.2 Å². The lowest BCUT2D eigenvalue weighted by Crippen LogP contribution is -2.43. The summed E-state index contributed by atoms with van der Waals surface area (Å²) in [6, 6.07) is 10.9. The van der Waals surface area contributed by atoms with Crippen LogP contribution in [0.25, 0.3) is 0 Å². The van der Waals surface area contributed by atoms with Crippen molar-refractivity contribution in [2.75, 3.05) is 13.6 Å². The number of benzene rings is 1. The molecule has 1 N–H and O–H groups in total. The van der Waals surface area contributed by atoms with Crippen LogP contribution in [-0.4, -0.2) is 36.5 Å². The summed E-state index contributed by atoms with van der Waals surface area (Å²) in [4.78, 5) is 13.7. The molecule has 2 atom stereocenters. The van der Waals surface area contributed by atoms with Gasteiger partial charge in [0, 0.05) is 19.6 Å². The zero-order valence-electron chi connectivity index (χ0n) is 11.2. The Bertz CT molecular complexity index is 391. The summed E-state index contributed by atoms with van der Waals surface area (Å²) >= 11 is 0. The molecular formula is C15H22N2O. The summed E-state index contributed by atoms with van der Waals surface area (Å²) in [5, 5.41) is 3.50. The molecule has 18 heavy (non-hydrogen) atoms. The van der Waals surface area contributed by atoms with Crippen molar-refractivity contribution in [2.45, 2.75) is 38.3 Å². The fourth-order valence-corrected chi connectivity index (χ4v) is 2.48. The molecule has 1 aromatic carbocycles. The Labute approximate surface area is 109 Å². The number of nitrogens with one attached hydrogen (secondary N) is 1. The molecular weight excluding hydrogens is 224 g/mol. The van der Waals surface area contributed by atoms with Gasteiger partial charge in [-0.05, 0) is 24.8 Å². The van der Waals surface area contributed by atoms with Crippen molar-refractivity contribution in [1.29, 1.82) is 0 Å². The lowest BCUT2D eigenvalue weighted by Gasteiger charge is -2.21. The van der Waals surface area contributed by atoms with Gasteiger partial charge in [-0.2, -0.15) is 0 Å². The molecule has 1 saturated heterocycles. The maximum Gasteiger partial charge on any atom is 0.239 e. The van der Waals surface area contributed by atoms with Gasteiger partial charge in [-0.25, -0.2) is 0 Å². The third kappa shape index (κ3) is 3.10. The van der Waals surface area contributed by atoms with Gasteiger partial charge in [0.1, 0.15) is 0 Å². The van der Waals surface area contributed by atoms with E-state index in [9.17, 15) is 4.79 Å². The van der Waals surface area contributed by atoms with E-state index >= 15 is 0 Å². The average Bonchev–Trinajstić information content (AvgIpc) is 2.71. The van der Waals surface area contributed by atoms with Gasteiger partial charge in [0.2, 0.25) is 5.91 Å². The van der Waals surface area contributed by atoms with E-state index in [-0.39, 0.29) is 11.9 Å². The second-order valence-electron chi connectivity index (χ2n) is 5.06. The van der Waals surface area contributed by atoms with Crippen LogP contribution < -0.4 is 5.32 Å². The quantitative estimate of drug-likeness (QED) is 0.859. The highest BCUT2D eigenvalue weighted by molar-refractivity contribution is 5.83. The molecule has 3 nitrogen and oxygen atoms in total. The molecule has 2 rings (SSSR count). The van der Waals surface area contributed by atoms with Crippen LogP contribution in [0.2, 0.25) is 0 Å². The number of nitrogens with zero attached hydrogens (tertiary/aromatic N) is 1. The Hall–Kier alpha value is -1.35. The predicted octanol–water partition coefficient (Wildman–Crippen LogP) is 1.83. The first-order valence-corrected chi connectivity index (χ1v) is 6.75. The molecule has 1 heterocycles. The third-order valence-electron chi connectivity index (χ3n) is 3.68. The Morgan fingerprint density at radius 1 is 1.39 bits per heavy atom. The molecule has 0 saturated carbocycles. The van der Waals surface area contributed by atoms with Gasteiger partial charge in [-0.1, -0.05) is 37.3 Å². The van der Waals surface area contributed by atoms with Crippen LogP contribution in [0.15, 0.2) is 30.3 Å². The number of hydrogen-bond acceptors (Lipinski definition) is 2. The monoisotopic (exact) mass is 246 g/mol. The first kappa shape index (κ1) is 13.1. The van der Waals surface area contributed by atoms with E-state index in [1.54, 1.807) is 0 Å². The van der Waals surface area contributed by atoms with Crippen LogP contribution in [0.5, 0.6) is 0 Å².